The summed E-state index contributed by atoms with van der Waals surface area (Å²) in [6, 6.07) is -0.899. The average Bonchev–Trinajstić information content (AvgIpc) is 3.37. The molecule has 0 aliphatic heterocycles. The summed E-state index contributed by atoms with van der Waals surface area (Å²) < 4.78 is 30.6. The van der Waals surface area contributed by atoms with Crippen molar-refractivity contribution in [3.05, 3.63) is 122 Å². The van der Waals surface area contributed by atoms with Crippen molar-refractivity contribution in [1.82, 2.24) is 5.32 Å². The van der Waals surface area contributed by atoms with Crippen molar-refractivity contribution < 1.29 is 37.3 Å². The van der Waals surface area contributed by atoms with E-state index in [4.69, 9.17) is 13.8 Å². The number of amides is 1. The Balaban J connectivity index is 5.50. The Labute approximate surface area is 461 Å². The van der Waals surface area contributed by atoms with Gasteiger partial charge < -0.3 is 19.4 Å². The summed E-state index contributed by atoms with van der Waals surface area (Å²) in [7, 11) is 1.42. The summed E-state index contributed by atoms with van der Waals surface area (Å²) in [6.45, 7) is 6.78. The molecule has 0 saturated heterocycles. The highest BCUT2D eigenvalue weighted by atomic mass is 31.2. The Kier molecular flexibility index (Phi) is 51.2. The van der Waals surface area contributed by atoms with Gasteiger partial charge in [-0.25, -0.2) is 4.57 Å². The largest absolute Gasteiger partial charge is 0.472 e. The molecule has 3 unspecified atom stereocenters. The lowest BCUT2D eigenvalue weighted by Crippen LogP contribution is -2.47. The third-order valence-corrected chi connectivity index (χ3v) is 13.4. The van der Waals surface area contributed by atoms with Crippen molar-refractivity contribution in [2.45, 2.75) is 238 Å². The van der Waals surface area contributed by atoms with Crippen LogP contribution in [0, 0.1) is 0 Å². The monoisotopic (exact) mass is 1060 g/mol. The van der Waals surface area contributed by atoms with Crippen LogP contribution >= 0.6 is 7.82 Å². The second kappa shape index (κ2) is 53.8. The van der Waals surface area contributed by atoms with Gasteiger partial charge in [0, 0.05) is 12.8 Å². The highest BCUT2D eigenvalue weighted by molar-refractivity contribution is 7.47. The maximum absolute atomic E-state index is 13.5. The molecule has 10 heteroatoms. The number of phosphoric ester groups is 1. The molecule has 0 heterocycles. The predicted molar refractivity (Wildman–Crippen MR) is 323 cm³/mol. The van der Waals surface area contributed by atoms with Crippen LogP contribution in [0.5, 0.6) is 0 Å². The molecule has 0 aromatic rings. The second-order valence-electron chi connectivity index (χ2n) is 20.8. The van der Waals surface area contributed by atoms with Gasteiger partial charge in [-0.2, -0.15) is 0 Å². The third-order valence-electron chi connectivity index (χ3n) is 12.4. The van der Waals surface area contributed by atoms with Gasteiger partial charge in [-0.3, -0.25) is 18.6 Å². The van der Waals surface area contributed by atoms with Gasteiger partial charge in [-0.1, -0.05) is 220 Å². The number of unbranched alkanes of at least 4 members (excludes halogenated alkanes) is 18. The zero-order valence-electron chi connectivity index (χ0n) is 48.7. The fourth-order valence-electron chi connectivity index (χ4n) is 7.78. The van der Waals surface area contributed by atoms with E-state index in [-0.39, 0.29) is 37.9 Å². The third kappa shape index (κ3) is 55.0. The minimum Gasteiger partial charge on any atom is -0.456 e. The lowest BCUT2D eigenvalue weighted by molar-refractivity contribution is -0.870. The lowest BCUT2D eigenvalue weighted by Gasteiger charge is -2.27. The smallest absolute Gasteiger partial charge is 0.456 e. The van der Waals surface area contributed by atoms with Gasteiger partial charge in [0.25, 0.3) is 0 Å². The molecular weight excluding hydrogens is 952 g/mol. The summed E-state index contributed by atoms with van der Waals surface area (Å²) in [5.41, 5.74) is 0. The fraction of sp³-hybridized carbons (Fsp3) is 0.662. The molecule has 1 amide bonds. The SMILES string of the molecule is CC/C=C\C/C=C\C/C=C\C/C=C\C/C=C\CCCC(=O)NC(COP(=O)(O)OCC[N+](C)(C)C)C(/C=C/CCCCCCCCCCCCC)OC(=O)CCCCC/C=C\C/C=C\C/C=C\C/C=C\CCCCC. The van der Waals surface area contributed by atoms with E-state index in [0.717, 1.165) is 96.3 Å². The van der Waals surface area contributed by atoms with Crippen molar-refractivity contribution >= 4 is 19.7 Å². The summed E-state index contributed by atoms with van der Waals surface area (Å²) in [5, 5.41) is 3.01. The highest BCUT2D eigenvalue weighted by Gasteiger charge is 2.30. The lowest BCUT2D eigenvalue weighted by atomic mass is 10.0. The summed E-state index contributed by atoms with van der Waals surface area (Å²) in [4.78, 5) is 37.6. The van der Waals surface area contributed by atoms with Crippen LogP contribution in [0.1, 0.15) is 226 Å². The van der Waals surface area contributed by atoms with E-state index in [1.807, 2.05) is 33.3 Å². The number of esters is 1. The Morgan fingerprint density at radius 3 is 1.33 bits per heavy atom. The topological polar surface area (TPSA) is 111 Å². The van der Waals surface area contributed by atoms with E-state index in [2.05, 4.69) is 135 Å². The molecule has 3 atom stereocenters. The minimum absolute atomic E-state index is 0.0177. The number of allylic oxidation sites excluding steroid dienone is 19. The number of likely N-dealkylation sites (N-methyl/N-ethyl adjacent to an activating group) is 1. The quantitative estimate of drug-likeness (QED) is 0.0205. The summed E-state index contributed by atoms with van der Waals surface area (Å²) >= 11 is 0. The van der Waals surface area contributed by atoms with Gasteiger partial charge in [0.2, 0.25) is 5.91 Å². The van der Waals surface area contributed by atoms with Gasteiger partial charge in [0.1, 0.15) is 19.3 Å². The molecule has 0 rings (SSSR count). The molecule has 0 aliphatic carbocycles. The Morgan fingerprint density at radius 2 is 0.867 bits per heavy atom. The molecule has 2 N–H and O–H groups in total. The van der Waals surface area contributed by atoms with E-state index in [0.29, 0.717) is 23.9 Å². The van der Waals surface area contributed by atoms with Crippen LogP contribution in [0.2, 0.25) is 0 Å². The molecule has 0 bridgehead atoms. The molecule has 0 saturated carbocycles. The molecular formula is C65H112N2O7P+. The number of hydrogen-bond donors (Lipinski definition) is 2. The van der Waals surface area contributed by atoms with E-state index < -0.39 is 20.0 Å². The van der Waals surface area contributed by atoms with Crippen LogP contribution in [0.25, 0.3) is 0 Å². The van der Waals surface area contributed by atoms with Gasteiger partial charge in [-0.15, -0.1) is 0 Å². The molecule has 0 aliphatic rings. The van der Waals surface area contributed by atoms with Crippen molar-refractivity contribution in [2.24, 2.45) is 0 Å². The van der Waals surface area contributed by atoms with Crippen LogP contribution in [0.15, 0.2) is 122 Å². The first kappa shape index (κ1) is 71.4. The second-order valence-corrected chi connectivity index (χ2v) is 22.2. The van der Waals surface area contributed by atoms with Crippen LogP contribution in [0.3, 0.4) is 0 Å². The number of nitrogens with zero attached hydrogens (tertiary/aromatic N) is 1. The zero-order chi connectivity index (χ0) is 55.0. The first-order valence-corrected chi connectivity index (χ1v) is 31.4. The maximum atomic E-state index is 13.5. The molecule has 0 aromatic carbocycles. The van der Waals surface area contributed by atoms with Crippen LogP contribution in [0.4, 0.5) is 0 Å². The number of rotatable bonds is 52. The van der Waals surface area contributed by atoms with Gasteiger partial charge in [0.05, 0.1) is 33.8 Å². The molecule has 0 radical (unpaired) electrons. The number of ether oxygens (including phenoxy) is 1. The number of quaternary nitrogens is 1. The number of carbonyl (C=O) groups excluding carboxylic acids is 2. The molecule has 0 spiro atoms. The van der Waals surface area contributed by atoms with Crippen molar-refractivity contribution in [3.63, 3.8) is 0 Å². The first-order valence-electron chi connectivity index (χ1n) is 29.9. The predicted octanol–water partition coefficient (Wildman–Crippen LogP) is 18.3. The minimum atomic E-state index is -4.48. The number of phosphoric acid groups is 1. The van der Waals surface area contributed by atoms with Gasteiger partial charge in [-0.05, 0) is 115 Å². The summed E-state index contributed by atoms with van der Waals surface area (Å²) in [6.07, 6.45) is 74.9. The van der Waals surface area contributed by atoms with Crippen LogP contribution < -0.4 is 5.32 Å². The van der Waals surface area contributed by atoms with Gasteiger partial charge >= 0.3 is 13.8 Å². The van der Waals surface area contributed by atoms with Crippen molar-refractivity contribution in [3.8, 4) is 0 Å². The molecule has 9 nitrogen and oxygen atoms in total. The number of nitrogens with one attached hydrogen (secondary N) is 1. The number of hydrogen-bond acceptors (Lipinski definition) is 6. The Hall–Kier alpha value is -3.59. The average molecular weight is 1060 g/mol. The standard InChI is InChI=1S/C65H111N2O7P/c1-7-10-13-16-19-22-25-28-30-32-33-35-37-40-43-46-49-52-55-58-65(69)74-63(56-53-50-47-44-41-38-27-24-21-18-15-12-9-3)62(61-73-75(70,71)72-60-59-67(4,5)6)66-64(68)57-54-51-48-45-42-39-36-34-31-29-26-23-20-17-14-11-8-2/h11,14,19-20,22-23,28-31,33,35-36,39-40,43,45,48,53,56,62-63H,7-10,12-13,15-18,21,24-27,32,34,37-38,41-42,44,46-47,49-52,54-55,57-61H2,1-6H3,(H-,66,68,70,71)/p+1/b14-11-,22-19-,23-20-,30-28-,31-29-,35-33-,39-36-,43-40-,48-45-,56-53+. The van der Waals surface area contributed by atoms with Crippen LogP contribution in [-0.4, -0.2) is 74.3 Å². The highest BCUT2D eigenvalue weighted by Crippen LogP contribution is 2.43. The Bertz CT molecular complexity index is 1700. The number of carbonyl (C=O) groups is 2. The van der Waals surface area contributed by atoms with E-state index >= 15 is 0 Å². The van der Waals surface area contributed by atoms with Crippen molar-refractivity contribution in [1.29, 1.82) is 0 Å². The van der Waals surface area contributed by atoms with E-state index in [9.17, 15) is 19.0 Å². The Morgan fingerprint density at radius 1 is 0.480 bits per heavy atom. The molecule has 428 valence electrons. The van der Waals surface area contributed by atoms with E-state index in [1.165, 1.54) is 83.5 Å². The molecule has 75 heavy (non-hydrogen) atoms. The zero-order valence-corrected chi connectivity index (χ0v) is 49.6. The summed E-state index contributed by atoms with van der Waals surface area (Å²) in [5.74, 6) is -0.618. The maximum Gasteiger partial charge on any atom is 0.472 e. The van der Waals surface area contributed by atoms with Gasteiger partial charge in [0.15, 0.2) is 0 Å². The molecule has 0 aromatic heterocycles. The normalized spacial score (nSPS) is 14.6. The van der Waals surface area contributed by atoms with E-state index in [1.54, 1.807) is 0 Å². The first-order chi connectivity index (χ1) is 36.4. The van der Waals surface area contributed by atoms with Crippen LogP contribution in [-0.2, 0) is 27.9 Å². The fourth-order valence-corrected chi connectivity index (χ4v) is 8.52. The molecule has 0 fully saturated rings. The van der Waals surface area contributed by atoms with Crippen molar-refractivity contribution in [2.75, 3.05) is 40.9 Å².